The number of nitro benzene ring substituents is 1. The Hall–Kier alpha value is -3.28. The van der Waals surface area contributed by atoms with Gasteiger partial charge in [0.2, 0.25) is 0 Å². The summed E-state index contributed by atoms with van der Waals surface area (Å²) in [4.78, 5) is 39.0. The second-order valence-corrected chi connectivity index (χ2v) is 9.99. The number of nitrogens with zero attached hydrogens (tertiary/aromatic N) is 2. The van der Waals surface area contributed by atoms with Gasteiger partial charge in [-0.15, -0.1) is 11.3 Å². The van der Waals surface area contributed by atoms with Crippen molar-refractivity contribution in [2.24, 2.45) is 0 Å². The fourth-order valence-corrected chi connectivity index (χ4v) is 5.32. The molecular formula is C22H14BrN3O5S2. The van der Waals surface area contributed by atoms with E-state index >= 15 is 0 Å². The maximum Gasteiger partial charge on any atom is 0.336 e. The fourth-order valence-electron chi connectivity index (χ4n) is 2.99. The van der Waals surface area contributed by atoms with Crippen LogP contribution in [0.2, 0.25) is 0 Å². The van der Waals surface area contributed by atoms with E-state index in [2.05, 4.69) is 26.2 Å². The van der Waals surface area contributed by atoms with Crippen LogP contribution in [0.5, 0.6) is 0 Å². The van der Waals surface area contributed by atoms with Crippen molar-refractivity contribution in [2.45, 2.75) is 10.1 Å². The molecule has 0 bridgehead atoms. The lowest BCUT2D eigenvalue weighted by atomic mass is 10.1. The Bertz CT molecular complexity index is 1390. The molecular weight excluding hydrogens is 530 g/mol. The Morgan fingerprint density at radius 3 is 2.55 bits per heavy atom. The summed E-state index contributed by atoms with van der Waals surface area (Å²) in [6, 6.07) is 16.4. The Morgan fingerprint density at radius 2 is 1.85 bits per heavy atom. The smallest absolute Gasteiger partial charge is 0.336 e. The second kappa shape index (κ2) is 9.69. The first-order valence-electron chi connectivity index (χ1n) is 9.41. The first kappa shape index (κ1) is 22.9. The number of hydrogen-bond donors (Lipinski definition) is 2. The average Bonchev–Trinajstić information content (AvgIpc) is 3.20. The monoisotopic (exact) mass is 543 g/mol. The SMILES string of the molecule is O=C(O)c1cc([N+](=O)[O-])ccc1C(=O)Nc1ccc2nc(SCc3ccc(Br)cc3)sc2c1. The van der Waals surface area contributed by atoms with Gasteiger partial charge in [0.25, 0.3) is 11.6 Å². The largest absolute Gasteiger partial charge is 0.478 e. The molecule has 8 nitrogen and oxygen atoms in total. The van der Waals surface area contributed by atoms with E-state index in [0.29, 0.717) is 5.69 Å². The minimum absolute atomic E-state index is 0.164. The van der Waals surface area contributed by atoms with E-state index in [4.69, 9.17) is 0 Å². The summed E-state index contributed by atoms with van der Waals surface area (Å²) >= 11 is 6.53. The molecule has 1 aromatic heterocycles. The van der Waals surface area contributed by atoms with Gasteiger partial charge in [-0.25, -0.2) is 9.78 Å². The summed E-state index contributed by atoms with van der Waals surface area (Å²) in [5, 5.41) is 22.9. The number of carbonyl (C=O) groups is 2. The molecule has 0 radical (unpaired) electrons. The number of halogens is 1. The van der Waals surface area contributed by atoms with E-state index < -0.39 is 28.1 Å². The average molecular weight is 544 g/mol. The predicted octanol–water partition coefficient (Wildman–Crippen LogP) is 6.21. The second-order valence-electron chi connectivity index (χ2n) is 6.82. The number of carboxylic acids is 1. The summed E-state index contributed by atoms with van der Waals surface area (Å²) in [6.45, 7) is 0. The molecule has 1 heterocycles. The number of nitrogens with one attached hydrogen (secondary N) is 1. The summed E-state index contributed by atoms with van der Waals surface area (Å²) in [5.74, 6) is -1.32. The van der Waals surface area contributed by atoms with Crippen LogP contribution in [-0.2, 0) is 5.75 Å². The van der Waals surface area contributed by atoms with E-state index in [1.807, 2.05) is 24.3 Å². The molecule has 0 aliphatic heterocycles. The van der Waals surface area contributed by atoms with Crippen molar-refractivity contribution in [1.82, 2.24) is 4.98 Å². The predicted molar refractivity (Wildman–Crippen MR) is 131 cm³/mol. The van der Waals surface area contributed by atoms with Crippen LogP contribution in [-0.4, -0.2) is 26.9 Å². The summed E-state index contributed by atoms with van der Waals surface area (Å²) < 4.78 is 2.78. The van der Waals surface area contributed by atoms with Crippen molar-refractivity contribution in [3.63, 3.8) is 0 Å². The molecule has 0 aliphatic carbocycles. The number of aromatic nitrogens is 1. The number of fused-ring (bicyclic) bond motifs is 1. The molecule has 4 rings (SSSR count). The van der Waals surface area contributed by atoms with Crippen molar-refractivity contribution in [1.29, 1.82) is 0 Å². The fraction of sp³-hybridized carbons (Fsp3) is 0.0455. The number of carbonyl (C=O) groups excluding carboxylic acids is 1. The highest BCUT2D eigenvalue weighted by molar-refractivity contribution is 9.10. The van der Waals surface area contributed by atoms with Gasteiger partial charge in [0.05, 0.1) is 26.3 Å². The van der Waals surface area contributed by atoms with Crippen molar-refractivity contribution in [3.8, 4) is 0 Å². The van der Waals surface area contributed by atoms with Crippen molar-refractivity contribution in [2.75, 3.05) is 5.32 Å². The van der Waals surface area contributed by atoms with Crippen LogP contribution in [0.15, 0.2) is 69.5 Å². The highest BCUT2D eigenvalue weighted by Crippen LogP contribution is 2.33. The third-order valence-electron chi connectivity index (χ3n) is 4.59. The van der Waals surface area contributed by atoms with Gasteiger partial charge in [-0.2, -0.15) is 0 Å². The zero-order valence-electron chi connectivity index (χ0n) is 16.6. The lowest BCUT2D eigenvalue weighted by Crippen LogP contribution is -2.16. The molecule has 0 saturated heterocycles. The normalized spacial score (nSPS) is 10.8. The number of nitro groups is 1. The molecule has 0 saturated carbocycles. The molecule has 11 heteroatoms. The van der Waals surface area contributed by atoms with Crippen molar-refractivity contribution >= 4 is 72.5 Å². The Kier molecular flexibility index (Phi) is 6.72. The molecule has 33 heavy (non-hydrogen) atoms. The van der Waals surface area contributed by atoms with Crippen LogP contribution in [0, 0.1) is 10.1 Å². The molecule has 0 unspecified atom stereocenters. The first-order valence-corrected chi connectivity index (χ1v) is 12.0. The number of non-ortho nitro benzene ring substituents is 1. The number of thiazole rings is 1. The van der Waals surface area contributed by atoms with Gasteiger partial charge >= 0.3 is 5.97 Å². The number of amides is 1. The molecule has 2 N–H and O–H groups in total. The van der Waals surface area contributed by atoms with Gasteiger partial charge in [-0.3, -0.25) is 14.9 Å². The lowest BCUT2D eigenvalue weighted by molar-refractivity contribution is -0.384. The third-order valence-corrected chi connectivity index (χ3v) is 7.35. The standard InChI is InChI=1S/C22H14BrN3O5S2/c23-13-3-1-12(2-4-13)11-32-22-25-18-8-5-14(9-19(18)33-22)24-20(27)16-7-6-15(26(30)31)10-17(16)21(28)29/h1-10H,11H2,(H,24,27)(H,28,29). The van der Waals surface area contributed by atoms with Gasteiger partial charge < -0.3 is 10.4 Å². The topological polar surface area (TPSA) is 122 Å². The molecule has 0 atom stereocenters. The quantitative estimate of drug-likeness (QED) is 0.161. The molecule has 4 aromatic rings. The van der Waals surface area contributed by atoms with E-state index in [1.165, 1.54) is 16.9 Å². The molecule has 3 aromatic carbocycles. The summed E-state index contributed by atoms with van der Waals surface area (Å²) in [6.07, 6.45) is 0. The zero-order chi connectivity index (χ0) is 23.5. The van der Waals surface area contributed by atoms with E-state index in [-0.39, 0.29) is 5.56 Å². The van der Waals surface area contributed by atoms with E-state index in [1.54, 1.807) is 30.0 Å². The maximum absolute atomic E-state index is 12.7. The van der Waals surface area contributed by atoms with Crippen LogP contribution in [0.3, 0.4) is 0 Å². The third kappa shape index (κ3) is 5.38. The summed E-state index contributed by atoms with van der Waals surface area (Å²) in [5.41, 5.74) is 1.43. The van der Waals surface area contributed by atoms with Crippen molar-refractivity contribution < 1.29 is 19.6 Å². The molecule has 1 amide bonds. The first-order chi connectivity index (χ1) is 15.8. The number of hydrogen-bond acceptors (Lipinski definition) is 7. The van der Waals surface area contributed by atoms with Crippen LogP contribution < -0.4 is 5.32 Å². The van der Waals surface area contributed by atoms with Crippen molar-refractivity contribution in [3.05, 3.63) is 91.9 Å². The Morgan fingerprint density at radius 1 is 1.09 bits per heavy atom. The van der Waals surface area contributed by atoms with Gasteiger partial charge in [0.15, 0.2) is 4.34 Å². The van der Waals surface area contributed by atoms with Gasteiger partial charge in [-0.1, -0.05) is 39.8 Å². The van der Waals surface area contributed by atoms with Crippen LogP contribution in [0.25, 0.3) is 10.2 Å². The minimum Gasteiger partial charge on any atom is -0.478 e. The lowest BCUT2D eigenvalue weighted by Gasteiger charge is -2.08. The highest BCUT2D eigenvalue weighted by Gasteiger charge is 2.21. The maximum atomic E-state index is 12.7. The zero-order valence-corrected chi connectivity index (χ0v) is 19.9. The Labute approximate surface area is 203 Å². The molecule has 166 valence electrons. The molecule has 0 spiro atoms. The number of rotatable bonds is 7. The van der Waals surface area contributed by atoms with Gasteiger partial charge in [0, 0.05) is 28.0 Å². The van der Waals surface area contributed by atoms with E-state index in [0.717, 1.165) is 43.0 Å². The summed E-state index contributed by atoms with van der Waals surface area (Å²) in [7, 11) is 0. The van der Waals surface area contributed by atoms with Crippen LogP contribution in [0.4, 0.5) is 11.4 Å². The van der Waals surface area contributed by atoms with E-state index in [9.17, 15) is 24.8 Å². The highest BCUT2D eigenvalue weighted by atomic mass is 79.9. The van der Waals surface area contributed by atoms with Gasteiger partial charge in [-0.05, 0) is 42.0 Å². The number of carboxylic acid groups (broad SMARTS) is 1. The van der Waals surface area contributed by atoms with Crippen LogP contribution >= 0.6 is 39.0 Å². The Balaban J connectivity index is 1.51. The number of benzene rings is 3. The molecule has 0 aliphatic rings. The number of thioether (sulfide) groups is 1. The minimum atomic E-state index is -1.42. The van der Waals surface area contributed by atoms with Crippen LogP contribution in [0.1, 0.15) is 26.3 Å². The number of anilines is 1. The molecule has 0 fully saturated rings. The van der Waals surface area contributed by atoms with Gasteiger partial charge in [0.1, 0.15) is 0 Å². The number of aromatic carboxylic acids is 1.